The lowest BCUT2D eigenvalue weighted by Crippen LogP contribution is -2.33. The van der Waals surface area contributed by atoms with Gasteiger partial charge >= 0.3 is 12.2 Å². The molecule has 0 radical (unpaired) electrons. The lowest BCUT2D eigenvalue weighted by Gasteiger charge is -2.16. The number of hydrogen-bond donors (Lipinski definition) is 2. The number of aliphatic hydroxyl groups excluding tert-OH is 1. The number of hydrogen-bond acceptors (Lipinski definition) is 7. The van der Waals surface area contributed by atoms with E-state index in [1.807, 2.05) is 0 Å². The van der Waals surface area contributed by atoms with E-state index < -0.39 is 36.0 Å². The average Bonchev–Trinajstić information content (AvgIpc) is 3.40. The number of rotatable bonds is 9. The number of ether oxygens (including phenoxy) is 3. The van der Waals surface area contributed by atoms with Gasteiger partial charge in [-0.25, -0.2) is 18.4 Å². The van der Waals surface area contributed by atoms with Crippen LogP contribution in [-0.4, -0.2) is 74.9 Å². The number of amides is 3. The third-order valence-corrected chi connectivity index (χ3v) is 5.69. The van der Waals surface area contributed by atoms with Crippen LogP contribution in [-0.2, 0) is 19.0 Å². The highest BCUT2D eigenvalue weighted by atomic mass is 19.1. The number of benzene rings is 2. The molecule has 36 heavy (non-hydrogen) atoms. The summed E-state index contributed by atoms with van der Waals surface area (Å²) in [5.41, 5.74) is 0.431. The highest BCUT2D eigenvalue weighted by Gasteiger charge is 2.34. The SMILES string of the molecule is CC(=O)NC[C@H]1CN(c2ccc(-c3ccc(N4C[C@H](COCCO)OC4=O)cc3F)c(F)c2)C(=O)O1. The molecule has 0 saturated carbocycles. The van der Waals surface area contributed by atoms with E-state index in [4.69, 9.17) is 19.3 Å². The van der Waals surface area contributed by atoms with Gasteiger partial charge in [-0.15, -0.1) is 0 Å². The first-order chi connectivity index (χ1) is 17.3. The van der Waals surface area contributed by atoms with Crippen LogP contribution in [0.15, 0.2) is 36.4 Å². The molecule has 0 unspecified atom stereocenters. The molecule has 2 heterocycles. The molecule has 2 saturated heterocycles. The normalized spacial score (nSPS) is 19.4. The molecular weight excluding hydrogens is 480 g/mol. The monoisotopic (exact) mass is 505 g/mol. The minimum atomic E-state index is -0.751. The van der Waals surface area contributed by atoms with Gasteiger partial charge < -0.3 is 24.6 Å². The van der Waals surface area contributed by atoms with Crippen LogP contribution in [0.25, 0.3) is 11.1 Å². The predicted octanol–water partition coefficient (Wildman–Crippen LogP) is 2.43. The average molecular weight is 505 g/mol. The number of anilines is 2. The Morgan fingerprint density at radius 1 is 1.00 bits per heavy atom. The number of aliphatic hydroxyl groups is 1. The summed E-state index contributed by atoms with van der Waals surface area (Å²) < 4.78 is 45.5. The Morgan fingerprint density at radius 3 is 2.03 bits per heavy atom. The van der Waals surface area contributed by atoms with Crippen LogP contribution in [0, 0.1) is 11.6 Å². The fourth-order valence-electron chi connectivity index (χ4n) is 3.98. The topological polar surface area (TPSA) is 118 Å². The number of nitrogens with zero attached hydrogens (tertiary/aromatic N) is 2. The minimum Gasteiger partial charge on any atom is -0.442 e. The van der Waals surface area contributed by atoms with Crippen molar-refractivity contribution in [2.24, 2.45) is 0 Å². The molecule has 2 fully saturated rings. The molecule has 0 aliphatic carbocycles. The number of cyclic esters (lactones) is 2. The van der Waals surface area contributed by atoms with Gasteiger partial charge in [-0.3, -0.25) is 14.6 Å². The Labute approximate surface area is 205 Å². The summed E-state index contributed by atoms with van der Waals surface area (Å²) >= 11 is 0. The molecule has 2 aromatic rings. The van der Waals surface area contributed by atoms with Crippen LogP contribution < -0.4 is 15.1 Å². The zero-order valence-electron chi connectivity index (χ0n) is 19.4. The highest BCUT2D eigenvalue weighted by molar-refractivity contribution is 5.91. The molecule has 0 aromatic heterocycles. The van der Waals surface area contributed by atoms with Crippen LogP contribution in [0.1, 0.15) is 6.92 Å². The Balaban J connectivity index is 1.46. The maximum atomic E-state index is 15.0. The van der Waals surface area contributed by atoms with E-state index in [1.54, 1.807) is 0 Å². The van der Waals surface area contributed by atoms with E-state index in [0.29, 0.717) is 0 Å². The largest absolute Gasteiger partial charge is 0.442 e. The summed E-state index contributed by atoms with van der Waals surface area (Å²) in [6.07, 6.45) is -2.48. The molecule has 12 heteroatoms. The molecule has 192 valence electrons. The van der Waals surface area contributed by atoms with Crippen LogP contribution >= 0.6 is 0 Å². The maximum Gasteiger partial charge on any atom is 0.414 e. The van der Waals surface area contributed by atoms with Crippen LogP contribution in [0.2, 0.25) is 0 Å². The van der Waals surface area contributed by atoms with Crippen LogP contribution in [0.4, 0.5) is 29.7 Å². The van der Waals surface area contributed by atoms with Gasteiger partial charge in [-0.1, -0.05) is 0 Å². The van der Waals surface area contributed by atoms with Gasteiger partial charge in [0.15, 0.2) is 0 Å². The van der Waals surface area contributed by atoms with E-state index in [0.717, 1.165) is 12.1 Å². The van der Waals surface area contributed by atoms with Gasteiger partial charge in [0.05, 0.1) is 50.8 Å². The number of carbonyl (C=O) groups is 3. The molecule has 0 bridgehead atoms. The zero-order valence-corrected chi connectivity index (χ0v) is 19.4. The first-order valence-corrected chi connectivity index (χ1v) is 11.3. The molecule has 2 N–H and O–H groups in total. The molecule has 0 spiro atoms. The van der Waals surface area contributed by atoms with Crippen molar-refractivity contribution in [2.45, 2.75) is 19.1 Å². The summed E-state index contributed by atoms with van der Waals surface area (Å²) in [7, 11) is 0. The third kappa shape index (κ3) is 5.55. The smallest absolute Gasteiger partial charge is 0.414 e. The summed E-state index contributed by atoms with van der Waals surface area (Å²) in [6, 6.07) is 7.90. The van der Waals surface area contributed by atoms with Gasteiger partial charge in [-0.2, -0.15) is 0 Å². The van der Waals surface area contributed by atoms with Crippen molar-refractivity contribution in [3.05, 3.63) is 48.0 Å². The zero-order chi connectivity index (χ0) is 25.8. The Bertz CT molecular complexity index is 1160. The number of nitrogens with one attached hydrogen (secondary N) is 1. The van der Waals surface area contributed by atoms with Crippen molar-refractivity contribution in [2.75, 3.05) is 49.3 Å². The van der Waals surface area contributed by atoms with E-state index in [9.17, 15) is 23.2 Å². The van der Waals surface area contributed by atoms with Crippen molar-refractivity contribution < 1.29 is 42.5 Å². The quantitative estimate of drug-likeness (QED) is 0.503. The third-order valence-electron chi connectivity index (χ3n) is 5.69. The second kappa shape index (κ2) is 10.9. The van der Waals surface area contributed by atoms with Gasteiger partial charge in [0.1, 0.15) is 23.8 Å². The second-order valence-electron chi connectivity index (χ2n) is 8.30. The standard InChI is InChI=1S/C24H25F2N3O7/c1-14(31)27-10-17-11-28(23(32)35-17)15-2-4-19(21(25)8-15)20-5-3-16(9-22(20)26)29-12-18(36-24(29)33)13-34-7-6-30/h2-5,8-9,17-18,30H,6-7,10-13H2,1H3,(H,27,31)/t17-,18+/m0/s1. The van der Waals surface area contributed by atoms with Gasteiger partial charge in [0, 0.05) is 18.1 Å². The van der Waals surface area contributed by atoms with E-state index >= 15 is 0 Å². The summed E-state index contributed by atoms with van der Waals surface area (Å²) in [5.74, 6) is -1.76. The Morgan fingerprint density at radius 2 is 1.53 bits per heavy atom. The minimum absolute atomic E-state index is 0.0225. The predicted molar refractivity (Wildman–Crippen MR) is 124 cm³/mol. The summed E-state index contributed by atoms with van der Waals surface area (Å²) in [6.45, 7) is 1.79. The Kier molecular flexibility index (Phi) is 7.65. The molecule has 2 atom stereocenters. The molecule has 10 nitrogen and oxygen atoms in total. The molecule has 2 aliphatic heterocycles. The van der Waals surface area contributed by atoms with Crippen LogP contribution in [0.3, 0.4) is 0 Å². The van der Waals surface area contributed by atoms with Gasteiger partial charge in [0.25, 0.3) is 0 Å². The van der Waals surface area contributed by atoms with E-state index in [2.05, 4.69) is 5.32 Å². The fourth-order valence-corrected chi connectivity index (χ4v) is 3.98. The van der Waals surface area contributed by atoms with Crippen molar-refractivity contribution >= 4 is 29.5 Å². The second-order valence-corrected chi connectivity index (χ2v) is 8.30. The molecule has 2 aliphatic rings. The lowest BCUT2D eigenvalue weighted by molar-refractivity contribution is -0.119. The van der Waals surface area contributed by atoms with Gasteiger partial charge in [0.2, 0.25) is 5.91 Å². The van der Waals surface area contributed by atoms with Gasteiger partial charge in [-0.05, 0) is 36.4 Å². The van der Waals surface area contributed by atoms with Crippen molar-refractivity contribution in [3.63, 3.8) is 0 Å². The summed E-state index contributed by atoms with van der Waals surface area (Å²) in [4.78, 5) is 37.9. The van der Waals surface area contributed by atoms with E-state index in [1.165, 1.54) is 41.0 Å². The van der Waals surface area contributed by atoms with Crippen LogP contribution in [0.5, 0.6) is 0 Å². The lowest BCUT2D eigenvalue weighted by atomic mass is 10.0. The molecule has 3 amide bonds. The number of carbonyl (C=O) groups excluding carboxylic acids is 3. The maximum absolute atomic E-state index is 15.0. The van der Waals surface area contributed by atoms with Crippen molar-refractivity contribution in [1.82, 2.24) is 5.32 Å². The first-order valence-electron chi connectivity index (χ1n) is 11.3. The number of halogens is 2. The summed E-state index contributed by atoms with van der Waals surface area (Å²) in [5, 5.41) is 11.3. The Hall–Kier alpha value is -3.77. The molecule has 2 aromatic carbocycles. The fraction of sp³-hybridized carbons (Fsp3) is 0.375. The molecular formula is C24H25F2N3O7. The first kappa shape index (κ1) is 25.3. The highest BCUT2D eigenvalue weighted by Crippen LogP contribution is 2.33. The van der Waals surface area contributed by atoms with E-state index in [-0.39, 0.29) is 67.9 Å². The molecule has 4 rings (SSSR count). The van der Waals surface area contributed by atoms with Crippen molar-refractivity contribution in [3.8, 4) is 11.1 Å². The van der Waals surface area contributed by atoms with Crippen molar-refractivity contribution in [1.29, 1.82) is 0 Å².